The third-order valence-corrected chi connectivity index (χ3v) is 3.33. The van der Waals surface area contributed by atoms with E-state index in [1.54, 1.807) is 0 Å². The van der Waals surface area contributed by atoms with Crippen molar-refractivity contribution >= 4 is 19.5 Å². The highest BCUT2D eigenvalue weighted by Gasteiger charge is 2.46. The van der Waals surface area contributed by atoms with Gasteiger partial charge in [0.15, 0.2) is 0 Å². The van der Waals surface area contributed by atoms with Crippen LogP contribution in [0.4, 0.5) is 13.2 Å². The van der Waals surface area contributed by atoms with Crippen LogP contribution in [0.25, 0.3) is 0 Å². The number of nitrogens with zero attached hydrogens (tertiary/aromatic N) is 3. The second kappa shape index (κ2) is 9.27. The van der Waals surface area contributed by atoms with Crippen LogP contribution in [0.1, 0.15) is 0 Å². The van der Waals surface area contributed by atoms with Gasteiger partial charge in [0.25, 0.3) is 0 Å². The minimum Gasteiger partial charge on any atom is -0.480 e. The van der Waals surface area contributed by atoms with Crippen molar-refractivity contribution in [3.05, 3.63) is 0 Å². The predicted octanol–water partition coefficient (Wildman–Crippen LogP) is -0.392. The number of carbonyl (C=O) groups is 2. The number of hydrogen-bond donors (Lipinski definition) is 3. The van der Waals surface area contributed by atoms with Gasteiger partial charge in [-0.2, -0.15) is 13.2 Å². The first-order valence-corrected chi connectivity index (χ1v) is 7.89. The highest BCUT2D eigenvalue weighted by Crippen LogP contribution is 2.47. The van der Waals surface area contributed by atoms with E-state index < -0.39 is 38.5 Å². The number of carbonyl (C=O) groups excluding carboxylic acids is 1. The molecule has 0 saturated heterocycles. The van der Waals surface area contributed by atoms with Gasteiger partial charge in [-0.25, -0.2) is 19.3 Å². The topological polar surface area (TPSA) is 124 Å². The molecule has 0 aliphatic heterocycles. The molecular weight excluding hydrogens is 362 g/mol. The zero-order valence-corrected chi connectivity index (χ0v) is 14.2. The third kappa shape index (κ3) is 9.12. The molecule has 0 atom stereocenters. The number of aliphatic carboxylic acids is 1. The lowest BCUT2D eigenvalue weighted by molar-refractivity contribution is -0.186. The van der Waals surface area contributed by atoms with Crippen molar-refractivity contribution in [3.63, 3.8) is 0 Å². The van der Waals surface area contributed by atoms with Crippen LogP contribution in [0.15, 0.2) is 0 Å². The molecule has 0 aromatic carbocycles. The van der Waals surface area contributed by atoms with Crippen LogP contribution < -0.4 is 11.2 Å². The van der Waals surface area contributed by atoms with Crippen LogP contribution in [0, 0.1) is 0 Å². The molecule has 11 nitrogen and oxygen atoms in total. The summed E-state index contributed by atoms with van der Waals surface area (Å²) in [5.74, 6) is -4.23. The van der Waals surface area contributed by atoms with Gasteiger partial charge in [-0.05, 0) is 0 Å². The quantitative estimate of drug-likeness (QED) is 0.340. The first kappa shape index (κ1) is 22.7. The smallest absolute Gasteiger partial charge is 0.471 e. The number of alkyl halides is 3. The first-order valence-electron chi connectivity index (χ1n) is 6.17. The van der Waals surface area contributed by atoms with Crippen LogP contribution >= 0.6 is 7.60 Å². The Bertz CT molecular complexity index is 473. The summed E-state index contributed by atoms with van der Waals surface area (Å²) in [6, 6.07) is 0. The van der Waals surface area contributed by atoms with E-state index in [0.29, 0.717) is 0 Å². The van der Waals surface area contributed by atoms with Gasteiger partial charge in [-0.1, -0.05) is 0 Å². The summed E-state index contributed by atoms with van der Waals surface area (Å²) in [4.78, 5) is 21.8. The molecule has 0 fully saturated rings. The highest BCUT2D eigenvalue weighted by molar-refractivity contribution is 7.53. The molecule has 0 aliphatic rings. The molecule has 142 valence electrons. The Kier molecular flexibility index (Phi) is 8.77. The Morgan fingerprint density at radius 1 is 1.08 bits per heavy atom. The largest absolute Gasteiger partial charge is 0.480 e. The van der Waals surface area contributed by atoms with E-state index in [-0.39, 0.29) is 4.90 Å². The van der Waals surface area contributed by atoms with Crippen molar-refractivity contribution in [2.75, 3.05) is 41.0 Å². The van der Waals surface area contributed by atoms with Crippen molar-refractivity contribution < 1.29 is 41.7 Å². The molecule has 0 aromatic rings. The number of carboxylic acids is 1. The van der Waals surface area contributed by atoms with E-state index >= 15 is 0 Å². The van der Waals surface area contributed by atoms with E-state index in [1.807, 2.05) is 0 Å². The lowest BCUT2D eigenvalue weighted by atomic mass is 10.5. The normalized spacial score (nSPS) is 12.7. The lowest BCUT2D eigenvalue weighted by Crippen LogP contribution is -2.45. The zero-order valence-electron chi connectivity index (χ0n) is 13.3. The summed E-state index contributed by atoms with van der Waals surface area (Å²) in [7, 11) is 1.24. The number of amides is 1. The summed E-state index contributed by atoms with van der Waals surface area (Å²) in [6.45, 7) is -1.35. The molecule has 24 heavy (non-hydrogen) atoms. The molecule has 0 saturated carbocycles. The number of hydrazine groups is 2. The average molecular weight is 381 g/mol. The van der Waals surface area contributed by atoms with E-state index in [9.17, 15) is 27.3 Å². The fourth-order valence-corrected chi connectivity index (χ4v) is 2.48. The molecule has 0 unspecified atom stereocenters. The van der Waals surface area contributed by atoms with Gasteiger partial charge in [-0.15, -0.1) is 11.2 Å². The van der Waals surface area contributed by atoms with E-state index in [1.165, 1.54) is 28.2 Å². The maximum absolute atomic E-state index is 12.5. The van der Waals surface area contributed by atoms with Crippen LogP contribution in [0.5, 0.6) is 0 Å². The molecule has 0 aliphatic carbocycles. The average Bonchev–Trinajstić information content (AvgIpc) is 2.40. The van der Waals surface area contributed by atoms with Crippen molar-refractivity contribution in [1.82, 2.24) is 26.1 Å². The Hall–Kier alpha value is -1.28. The Morgan fingerprint density at radius 2 is 1.50 bits per heavy atom. The van der Waals surface area contributed by atoms with Crippen LogP contribution in [-0.2, 0) is 23.4 Å². The molecule has 0 radical (unpaired) electrons. The van der Waals surface area contributed by atoms with Gasteiger partial charge in [0.05, 0.1) is 0 Å². The van der Waals surface area contributed by atoms with Crippen molar-refractivity contribution in [1.29, 1.82) is 0 Å². The molecule has 1 amide bonds. The van der Waals surface area contributed by atoms with Gasteiger partial charge < -0.3 is 10.0 Å². The summed E-state index contributed by atoms with van der Waals surface area (Å²) in [5, 5.41) is 11.0. The van der Waals surface area contributed by atoms with Crippen LogP contribution in [0.2, 0.25) is 0 Å². The monoisotopic (exact) mass is 381 g/mol. The second-order valence-corrected chi connectivity index (χ2v) is 6.67. The first-order chi connectivity index (χ1) is 10.8. The van der Waals surface area contributed by atoms with Gasteiger partial charge in [0, 0.05) is 28.2 Å². The summed E-state index contributed by atoms with van der Waals surface area (Å²) in [6.07, 6.45) is -6.62. The van der Waals surface area contributed by atoms with Gasteiger partial charge in [0.1, 0.15) is 12.8 Å². The molecule has 0 heterocycles. The van der Waals surface area contributed by atoms with Gasteiger partial charge in [0.2, 0.25) is 0 Å². The minimum absolute atomic E-state index is 0.197. The number of halogens is 3. The lowest BCUT2D eigenvalue weighted by Gasteiger charge is -2.27. The number of hydrogen-bond acceptors (Lipinski definition) is 9. The Morgan fingerprint density at radius 3 is 1.79 bits per heavy atom. The highest BCUT2D eigenvalue weighted by atomic mass is 31.2. The summed E-state index contributed by atoms with van der Waals surface area (Å²) >= 11 is 0. The third-order valence-electron chi connectivity index (χ3n) is 1.92. The van der Waals surface area contributed by atoms with Crippen molar-refractivity contribution in [3.8, 4) is 0 Å². The summed E-state index contributed by atoms with van der Waals surface area (Å²) < 4.78 is 59.5. The molecular formula is C9H19F3N5O6P. The van der Waals surface area contributed by atoms with E-state index in [0.717, 1.165) is 10.0 Å². The maximum atomic E-state index is 12.5. The predicted molar refractivity (Wildman–Crippen MR) is 73.7 cm³/mol. The number of rotatable bonds is 10. The van der Waals surface area contributed by atoms with E-state index in [4.69, 9.17) is 5.11 Å². The minimum atomic E-state index is -5.36. The second-order valence-electron chi connectivity index (χ2n) is 4.80. The molecule has 15 heteroatoms. The zero-order chi connectivity index (χ0) is 19.1. The van der Waals surface area contributed by atoms with Gasteiger partial charge >= 0.3 is 25.6 Å². The van der Waals surface area contributed by atoms with Crippen LogP contribution in [-0.4, -0.2) is 79.1 Å². The molecule has 0 aromatic heterocycles. The molecule has 0 rings (SSSR count). The Labute approximate surface area is 135 Å². The van der Waals surface area contributed by atoms with Crippen molar-refractivity contribution in [2.45, 2.75) is 6.18 Å². The van der Waals surface area contributed by atoms with Crippen molar-refractivity contribution in [2.24, 2.45) is 0 Å². The maximum Gasteiger partial charge on any atom is 0.471 e. The summed E-state index contributed by atoms with van der Waals surface area (Å²) in [5.41, 5.74) is 4.13. The fourth-order valence-electron chi connectivity index (χ4n) is 1.10. The number of nitrogens with one attached hydrogen (secondary N) is 2. The Balaban J connectivity index is 5.35. The van der Waals surface area contributed by atoms with Gasteiger partial charge in [-0.3, -0.25) is 14.2 Å². The molecule has 3 N–H and O–H groups in total. The standard InChI is InChI=1S/C9H19F3N5O6P/c1-15(2)13-22-24(21,23-14-16(3)4)6-17(5-7(18)19)8(20)9(10,11)12/h13-14H,5-6H2,1-4H3,(H,18,19). The SMILES string of the molecule is CN(C)NOP(=O)(CN(CC(=O)O)C(=O)C(F)(F)F)ONN(C)C. The van der Waals surface area contributed by atoms with Crippen LogP contribution in [0.3, 0.4) is 0 Å². The fraction of sp³-hybridized carbons (Fsp3) is 0.778. The van der Waals surface area contributed by atoms with E-state index in [2.05, 4.69) is 20.4 Å². The number of carboxylic acid groups (broad SMARTS) is 1. The molecule has 0 bridgehead atoms. The molecule has 0 spiro atoms.